The van der Waals surface area contributed by atoms with Crippen LogP contribution >= 0.6 is 0 Å². The highest BCUT2D eigenvalue weighted by molar-refractivity contribution is 5.14. The Morgan fingerprint density at radius 3 is 2.93 bits per heavy atom. The lowest BCUT2D eigenvalue weighted by Crippen LogP contribution is -2.09. The molecule has 2 rings (SSSR count). The summed E-state index contributed by atoms with van der Waals surface area (Å²) in [6.07, 6.45) is 6.69. The van der Waals surface area contributed by atoms with E-state index in [1.54, 1.807) is 6.20 Å². The number of hydrogen-bond donors (Lipinski definition) is 1. The Balaban J connectivity index is 2.14. The molecule has 0 saturated carbocycles. The van der Waals surface area contributed by atoms with Crippen molar-refractivity contribution in [2.45, 2.75) is 13.0 Å². The molecular weight excluding hydrogens is 186 g/mol. The molecule has 0 saturated heterocycles. The molecule has 3 heteroatoms. The molecule has 2 N–H and O–H groups in total. The summed E-state index contributed by atoms with van der Waals surface area (Å²) >= 11 is 0. The highest BCUT2D eigenvalue weighted by atomic mass is 15.0. The van der Waals surface area contributed by atoms with E-state index in [-0.39, 0.29) is 0 Å². The van der Waals surface area contributed by atoms with Crippen LogP contribution in [0.4, 0.5) is 0 Å². The fourth-order valence-electron chi connectivity index (χ4n) is 1.67. The Hall–Kier alpha value is -1.61. The third-order valence-electron chi connectivity index (χ3n) is 2.40. The lowest BCUT2D eigenvalue weighted by molar-refractivity contribution is 0.734. The van der Waals surface area contributed by atoms with Crippen LogP contribution in [-0.2, 0) is 13.0 Å². The molecule has 0 fully saturated rings. The van der Waals surface area contributed by atoms with Gasteiger partial charge >= 0.3 is 0 Å². The minimum atomic E-state index is 0.692. The minimum Gasteiger partial charge on any atom is -0.347 e. The van der Waals surface area contributed by atoms with Gasteiger partial charge in [0.15, 0.2) is 0 Å². The van der Waals surface area contributed by atoms with E-state index in [1.807, 2.05) is 12.3 Å². The largest absolute Gasteiger partial charge is 0.347 e. The Morgan fingerprint density at radius 1 is 1.27 bits per heavy atom. The SMILES string of the molecule is NCCc1cccn1Cc1cccnc1. The molecule has 2 aromatic rings. The van der Waals surface area contributed by atoms with Gasteiger partial charge in [-0.3, -0.25) is 4.98 Å². The third-order valence-corrected chi connectivity index (χ3v) is 2.40. The van der Waals surface area contributed by atoms with E-state index in [2.05, 4.69) is 33.9 Å². The first-order chi connectivity index (χ1) is 7.40. The van der Waals surface area contributed by atoms with E-state index in [9.17, 15) is 0 Å². The molecule has 0 spiro atoms. The molecular formula is C12H15N3. The van der Waals surface area contributed by atoms with Gasteiger partial charge in [-0.15, -0.1) is 0 Å². The lowest BCUT2D eigenvalue weighted by atomic mass is 10.2. The number of hydrogen-bond acceptors (Lipinski definition) is 2. The molecule has 0 radical (unpaired) electrons. The smallest absolute Gasteiger partial charge is 0.0488 e. The normalized spacial score (nSPS) is 10.5. The van der Waals surface area contributed by atoms with Gasteiger partial charge in [0.25, 0.3) is 0 Å². The van der Waals surface area contributed by atoms with E-state index in [4.69, 9.17) is 5.73 Å². The van der Waals surface area contributed by atoms with Crippen molar-refractivity contribution in [2.24, 2.45) is 5.73 Å². The van der Waals surface area contributed by atoms with Crippen molar-refractivity contribution >= 4 is 0 Å². The van der Waals surface area contributed by atoms with Crippen LogP contribution in [0.1, 0.15) is 11.3 Å². The quantitative estimate of drug-likeness (QED) is 0.813. The number of rotatable bonds is 4. The van der Waals surface area contributed by atoms with Gasteiger partial charge in [0.2, 0.25) is 0 Å². The number of nitrogens with two attached hydrogens (primary N) is 1. The second kappa shape index (κ2) is 4.75. The molecule has 0 bridgehead atoms. The Labute approximate surface area is 89.6 Å². The maximum atomic E-state index is 5.56. The number of nitrogens with zero attached hydrogens (tertiary/aromatic N) is 2. The van der Waals surface area contributed by atoms with Gasteiger partial charge in [0, 0.05) is 30.8 Å². The van der Waals surface area contributed by atoms with Crippen LogP contribution in [0.2, 0.25) is 0 Å². The van der Waals surface area contributed by atoms with Crippen LogP contribution in [0.5, 0.6) is 0 Å². The first kappa shape index (κ1) is 9.93. The van der Waals surface area contributed by atoms with Gasteiger partial charge in [-0.1, -0.05) is 6.07 Å². The zero-order valence-electron chi connectivity index (χ0n) is 8.63. The first-order valence-electron chi connectivity index (χ1n) is 5.13. The monoisotopic (exact) mass is 201 g/mol. The molecule has 2 aromatic heterocycles. The average molecular weight is 201 g/mol. The van der Waals surface area contributed by atoms with Gasteiger partial charge in [-0.05, 0) is 36.7 Å². The molecule has 0 unspecified atom stereocenters. The van der Waals surface area contributed by atoms with Crippen molar-refractivity contribution in [3.05, 3.63) is 54.1 Å². The molecule has 0 aliphatic rings. The van der Waals surface area contributed by atoms with Crippen LogP contribution in [-0.4, -0.2) is 16.1 Å². The summed E-state index contributed by atoms with van der Waals surface area (Å²) in [5.41, 5.74) is 8.05. The zero-order chi connectivity index (χ0) is 10.5. The summed E-state index contributed by atoms with van der Waals surface area (Å²) in [6, 6.07) is 8.21. The molecule has 0 amide bonds. The Bertz CT molecular complexity index is 406. The van der Waals surface area contributed by atoms with E-state index < -0.39 is 0 Å². The van der Waals surface area contributed by atoms with Gasteiger partial charge in [-0.2, -0.15) is 0 Å². The maximum absolute atomic E-state index is 5.56. The molecule has 0 aromatic carbocycles. The Morgan fingerprint density at radius 2 is 2.20 bits per heavy atom. The summed E-state index contributed by atoms with van der Waals surface area (Å²) in [5.74, 6) is 0. The van der Waals surface area contributed by atoms with Gasteiger partial charge in [0.1, 0.15) is 0 Å². The lowest BCUT2D eigenvalue weighted by Gasteiger charge is -2.07. The van der Waals surface area contributed by atoms with Gasteiger partial charge in [-0.25, -0.2) is 0 Å². The predicted molar refractivity (Wildman–Crippen MR) is 60.5 cm³/mol. The summed E-state index contributed by atoms with van der Waals surface area (Å²) in [5, 5.41) is 0. The molecule has 0 aliphatic carbocycles. The summed E-state index contributed by atoms with van der Waals surface area (Å²) in [4.78, 5) is 4.10. The number of pyridine rings is 1. The van der Waals surface area contributed by atoms with Crippen molar-refractivity contribution in [3.8, 4) is 0 Å². The van der Waals surface area contributed by atoms with Crippen LogP contribution in [0.15, 0.2) is 42.9 Å². The second-order valence-corrected chi connectivity index (χ2v) is 3.53. The van der Waals surface area contributed by atoms with Crippen LogP contribution in [0, 0.1) is 0 Å². The molecule has 2 heterocycles. The highest BCUT2D eigenvalue weighted by Crippen LogP contribution is 2.07. The van der Waals surface area contributed by atoms with Crippen molar-refractivity contribution in [1.82, 2.24) is 9.55 Å². The van der Waals surface area contributed by atoms with Crippen LogP contribution < -0.4 is 5.73 Å². The maximum Gasteiger partial charge on any atom is 0.0488 e. The fourth-order valence-corrected chi connectivity index (χ4v) is 1.67. The molecule has 0 aliphatic heterocycles. The van der Waals surface area contributed by atoms with Gasteiger partial charge in [0.05, 0.1) is 0 Å². The minimum absolute atomic E-state index is 0.692. The second-order valence-electron chi connectivity index (χ2n) is 3.53. The van der Waals surface area contributed by atoms with Crippen molar-refractivity contribution < 1.29 is 0 Å². The molecule has 0 atom stereocenters. The summed E-state index contributed by atoms with van der Waals surface area (Å²) in [7, 11) is 0. The molecule has 78 valence electrons. The van der Waals surface area contributed by atoms with Crippen molar-refractivity contribution in [3.63, 3.8) is 0 Å². The molecule has 15 heavy (non-hydrogen) atoms. The average Bonchev–Trinajstić information content (AvgIpc) is 2.68. The highest BCUT2D eigenvalue weighted by Gasteiger charge is 2.00. The first-order valence-corrected chi connectivity index (χ1v) is 5.13. The van der Waals surface area contributed by atoms with Gasteiger partial charge < -0.3 is 10.3 Å². The topological polar surface area (TPSA) is 43.8 Å². The van der Waals surface area contributed by atoms with Crippen LogP contribution in [0.25, 0.3) is 0 Å². The standard InChI is InChI=1S/C12H15N3/c13-6-5-12-4-2-8-15(12)10-11-3-1-7-14-9-11/h1-4,7-9H,5-6,10,13H2. The van der Waals surface area contributed by atoms with E-state index in [0.717, 1.165) is 13.0 Å². The summed E-state index contributed by atoms with van der Waals surface area (Å²) in [6.45, 7) is 1.56. The van der Waals surface area contributed by atoms with Crippen LogP contribution in [0.3, 0.4) is 0 Å². The van der Waals surface area contributed by atoms with E-state index in [0.29, 0.717) is 6.54 Å². The fraction of sp³-hybridized carbons (Fsp3) is 0.250. The van der Waals surface area contributed by atoms with Crippen molar-refractivity contribution in [2.75, 3.05) is 6.54 Å². The predicted octanol–water partition coefficient (Wildman–Crippen LogP) is 1.43. The summed E-state index contributed by atoms with van der Waals surface area (Å²) < 4.78 is 2.21. The van der Waals surface area contributed by atoms with Crippen molar-refractivity contribution in [1.29, 1.82) is 0 Å². The zero-order valence-corrected chi connectivity index (χ0v) is 8.63. The third kappa shape index (κ3) is 2.44. The van der Waals surface area contributed by atoms with E-state index >= 15 is 0 Å². The number of aromatic nitrogens is 2. The Kier molecular flexibility index (Phi) is 3.15. The van der Waals surface area contributed by atoms with E-state index in [1.165, 1.54) is 11.3 Å². The molecule has 3 nitrogen and oxygen atoms in total.